The van der Waals surface area contributed by atoms with E-state index >= 15 is 0 Å². The monoisotopic (exact) mass is 168 g/mol. The van der Waals surface area contributed by atoms with E-state index in [1.165, 1.54) is 6.92 Å². The molecule has 0 heterocycles. The number of rotatable bonds is 4. The van der Waals surface area contributed by atoms with E-state index in [0.717, 1.165) is 0 Å². The Labute approximate surface area is 72.4 Å². The maximum absolute atomic E-state index is 10.2. The van der Waals surface area contributed by atoms with Crippen LogP contribution in [-0.4, -0.2) is 25.8 Å². The van der Waals surface area contributed by atoms with Crippen molar-refractivity contribution in [2.24, 2.45) is 0 Å². The van der Waals surface area contributed by atoms with E-state index in [1.54, 1.807) is 6.08 Å². The molecule has 0 aromatic carbocycles. The second-order valence-electron chi connectivity index (χ2n) is 1.94. The molecule has 66 valence electrons. The molecule has 0 fully saturated rings. The largest absolute Gasteiger partial charge is 0.453 e. The minimum atomic E-state index is -0.323. The van der Waals surface area contributed by atoms with Gasteiger partial charge < -0.3 is 9.47 Å². The summed E-state index contributed by atoms with van der Waals surface area (Å²) in [6.07, 6.45) is 1.65. The first-order valence-corrected chi connectivity index (χ1v) is 3.55. The predicted octanol–water partition coefficient (Wildman–Crippen LogP) is 0.756. The fourth-order valence-electron chi connectivity index (χ4n) is 0.433. The summed E-state index contributed by atoms with van der Waals surface area (Å²) in [5.41, 5.74) is 0. The van der Waals surface area contributed by atoms with Crippen LogP contribution in [-0.2, 0) is 14.3 Å². The lowest BCUT2D eigenvalue weighted by molar-refractivity contribution is -0.139. The van der Waals surface area contributed by atoms with Crippen molar-refractivity contribution in [2.45, 2.75) is 6.92 Å². The average Bonchev–Trinajstić information content (AvgIpc) is 2.02. The number of ether oxygens (including phenoxy) is 2. The highest BCUT2D eigenvalue weighted by molar-refractivity contribution is 5.66. The van der Waals surface area contributed by atoms with Crippen LogP contribution in [0, 0.1) is 11.8 Å². The highest BCUT2D eigenvalue weighted by Gasteiger charge is 1.85. The van der Waals surface area contributed by atoms with Gasteiger partial charge in [0.1, 0.15) is 6.61 Å². The van der Waals surface area contributed by atoms with Gasteiger partial charge in [0.15, 0.2) is 6.61 Å². The lowest BCUT2D eigenvalue weighted by Crippen LogP contribution is -1.98. The van der Waals surface area contributed by atoms with Crippen LogP contribution >= 0.6 is 0 Å². The Morgan fingerprint density at radius 1 is 1.50 bits per heavy atom. The van der Waals surface area contributed by atoms with Gasteiger partial charge in [-0.2, -0.15) is 0 Å². The molecule has 0 rings (SSSR count). The molecule has 3 heteroatoms. The van der Waals surface area contributed by atoms with Crippen LogP contribution in [0.4, 0.5) is 0 Å². The molecule has 0 saturated carbocycles. The van der Waals surface area contributed by atoms with Crippen LogP contribution in [0.3, 0.4) is 0 Å². The van der Waals surface area contributed by atoms with E-state index in [4.69, 9.17) is 4.74 Å². The van der Waals surface area contributed by atoms with Gasteiger partial charge in [0.05, 0.1) is 6.61 Å². The first-order valence-electron chi connectivity index (χ1n) is 3.55. The molecule has 0 saturated heterocycles. The van der Waals surface area contributed by atoms with Gasteiger partial charge in [-0.1, -0.05) is 17.9 Å². The molecule has 0 unspecified atom stereocenters. The fourth-order valence-corrected chi connectivity index (χ4v) is 0.433. The van der Waals surface area contributed by atoms with Crippen LogP contribution in [0.1, 0.15) is 6.92 Å². The molecule has 0 aromatic rings. The Kier molecular flexibility index (Phi) is 7.00. The van der Waals surface area contributed by atoms with Gasteiger partial charge in [0.2, 0.25) is 0 Å². The Hall–Kier alpha value is -1.27. The summed E-state index contributed by atoms with van der Waals surface area (Å²) in [7, 11) is 0. The predicted molar refractivity (Wildman–Crippen MR) is 45.4 cm³/mol. The fraction of sp³-hybridized carbons (Fsp3) is 0.444. The Balaban J connectivity index is 3.22. The lowest BCUT2D eigenvalue weighted by Gasteiger charge is -1.92. The van der Waals surface area contributed by atoms with E-state index in [1.807, 2.05) is 0 Å². The SMILES string of the molecule is C=CCOCC#CCOC(C)=O. The molecule has 0 aliphatic carbocycles. The van der Waals surface area contributed by atoms with Gasteiger partial charge in [0, 0.05) is 6.92 Å². The van der Waals surface area contributed by atoms with Gasteiger partial charge >= 0.3 is 5.97 Å². The maximum atomic E-state index is 10.2. The van der Waals surface area contributed by atoms with Crippen molar-refractivity contribution >= 4 is 5.97 Å². The quantitative estimate of drug-likeness (QED) is 0.269. The van der Waals surface area contributed by atoms with E-state index < -0.39 is 0 Å². The van der Waals surface area contributed by atoms with Gasteiger partial charge in [-0.3, -0.25) is 4.79 Å². The van der Waals surface area contributed by atoms with Crippen molar-refractivity contribution in [3.05, 3.63) is 12.7 Å². The third kappa shape index (κ3) is 8.73. The van der Waals surface area contributed by atoms with E-state index in [0.29, 0.717) is 13.2 Å². The molecular weight excluding hydrogens is 156 g/mol. The van der Waals surface area contributed by atoms with Crippen LogP contribution in [0.15, 0.2) is 12.7 Å². The molecule has 0 bridgehead atoms. The summed E-state index contributed by atoms with van der Waals surface area (Å²) in [5.74, 6) is 4.98. The molecular formula is C9H12O3. The summed E-state index contributed by atoms with van der Waals surface area (Å²) < 4.78 is 9.52. The lowest BCUT2D eigenvalue weighted by atomic mass is 10.6. The molecule has 0 aliphatic heterocycles. The number of carbonyl (C=O) groups excluding carboxylic acids is 1. The molecule has 0 aliphatic rings. The third-order valence-electron chi connectivity index (χ3n) is 0.883. The number of esters is 1. The van der Waals surface area contributed by atoms with Crippen LogP contribution in [0.5, 0.6) is 0 Å². The third-order valence-corrected chi connectivity index (χ3v) is 0.883. The summed E-state index contributed by atoms with van der Waals surface area (Å²) in [6.45, 7) is 5.78. The zero-order chi connectivity index (χ0) is 9.23. The molecule has 0 amide bonds. The standard InChI is InChI=1S/C9H12O3/c1-3-6-11-7-4-5-8-12-9(2)10/h3H,1,6-8H2,2H3. The van der Waals surface area contributed by atoms with E-state index in [-0.39, 0.29) is 12.6 Å². The van der Waals surface area contributed by atoms with Gasteiger partial charge in [-0.05, 0) is 0 Å². The van der Waals surface area contributed by atoms with Crippen molar-refractivity contribution in [3.63, 3.8) is 0 Å². The van der Waals surface area contributed by atoms with Gasteiger partial charge in [-0.25, -0.2) is 0 Å². The Morgan fingerprint density at radius 2 is 2.17 bits per heavy atom. The summed E-state index contributed by atoms with van der Waals surface area (Å²) in [5, 5.41) is 0. The van der Waals surface area contributed by atoms with Crippen LogP contribution < -0.4 is 0 Å². The van der Waals surface area contributed by atoms with Crippen LogP contribution in [0.2, 0.25) is 0 Å². The zero-order valence-electron chi connectivity index (χ0n) is 7.13. The van der Waals surface area contributed by atoms with Crippen LogP contribution in [0.25, 0.3) is 0 Å². The minimum Gasteiger partial charge on any atom is -0.453 e. The summed E-state index contributed by atoms with van der Waals surface area (Å²) in [4.78, 5) is 10.2. The molecule has 0 radical (unpaired) electrons. The number of hydrogen-bond acceptors (Lipinski definition) is 3. The minimum absolute atomic E-state index is 0.132. The van der Waals surface area contributed by atoms with Gasteiger partial charge in [-0.15, -0.1) is 6.58 Å². The second kappa shape index (κ2) is 7.83. The number of hydrogen-bond donors (Lipinski definition) is 0. The topological polar surface area (TPSA) is 35.5 Å². The zero-order valence-corrected chi connectivity index (χ0v) is 7.13. The maximum Gasteiger partial charge on any atom is 0.303 e. The first-order chi connectivity index (χ1) is 5.77. The highest BCUT2D eigenvalue weighted by atomic mass is 16.5. The normalized spacial score (nSPS) is 8.08. The Morgan fingerprint density at radius 3 is 2.75 bits per heavy atom. The molecule has 3 nitrogen and oxygen atoms in total. The average molecular weight is 168 g/mol. The smallest absolute Gasteiger partial charge is 0.303 e. The molecule has 0 atom stereocenters. The van der Waals surface area contributed by atoms with E-state index in [2.05, 4.69) is 23.2 Å². The Bertz CT molecular complexity index is 198. The van der Waals surface area contributed by atoms with E-state index in [9.17, 15) is 4.79 Å². The highest BCUT2D eigenvalue weighted by Crippen LogP contribution is 1.75. The molecule has 12 heavy (non-hydrogen) atoms. The van der Waals surface area contributed by atoms with Crippen molar-refractivity contribution in [1.82, 2.24) is 0 Å². The second-order valence-corrected chi connectivity index (χ2v) is 1.94. The van der Waals surface area contributed by atoms with Crippen molar-refractivity contribution in [2.75, 3.05) is 19.8 Å². The van der Waals surface area contributed by atoms with Gasteiger partial charge in [0.25, 0.3) is 0 Å². The molecule has 0 spiro atoms. The molecule has 0 N–H and O–H groups in total. The summed E-state index contributed by atoms with van der Waals surface area (Å²) >= 11 is 0. The number of carbonyl (C=O) groups is 1. The van der Waals surface area contributed by atoms with Crippen molar-refractivity contribution in [1.29, 1.82) is 0 Å². The van der Waals surface area contributed by atoms with Crippen molar-refractivity contribution < 1.29 is 14.3 Å². The molecule has 0 aromatic heterocycles. The summed E-state index contributed by atoms with van der Waals surface area (Å²) in [6, 6.07) is 0. The first kappa shape index (κ1) is 10.7. The van der Waals surface area contributed by atoms with Crippen molar-refractivity contribution in [3.8, 4) is 11.8 Å².